The summed E-state index contributed by atoms with van der Waals surface area (Å²) in [7, 11) is 3.00. The van der Waals surface area contributed by atoms with Crippen LogP contribution in [0.25, 0.3) is 10.8 Å². The van der Waals surface area contributed by atoms with E-state index in [-0.39, 0.29) is 11.7 Å². The number of benzene rings is 2. The van der Waals surface area contributed by atoms with Gasteiger partial charge in [0.25, 0.3) is 5.84 Å². The molecule has 0 saturated heterocycles. The summed E-state index contributed by atoms with van der Waals surface area (Å²) in [5.74, 6) is -0.528. The molecule has 0 fully saturated rings. The molecule has 9 heteroatoms. The van der Waals surface area contributed by atoms with Crippen molar-refractivity contribution in [1.82, 2.24) is 4.90 Å². The number of fused-ring (bicyclic) bond motifs is 2. The van der Waals surface area contributed by atoms with Crippen LogP contribution in [-0.4, -0.2) is 63.9 Å². The smallest absolute Gasteiger partial charge is 0.325 e. The molecule has 2 aromatic rings. The van der Waals surface area contributed by atoms with Gasteiger partial charge in [0.15, 0.2) is 5.92 Å². The summed E-state index contributed by atoms with van der Waals surface area (Å²) in [4.78, 5) is 47.3. The van der Waals surface area contributed by atoms with Crippen molar-refractivity contribution >= 4 is 62.8 Å². The third kappa shape index (κ3) is 3.52. The van der Waals surface area contributed by atoms with E-state index in [0.29, 0.717) is 16.7 Å². The third-order valence-electron chi connectivity index (χ3n) is 4.96. The quantitative estimate of drug-likeness (QED) is 0.770. The highest BCUT2D eigenvalue weighted by Crippen LogP contribution is 2.26. The van der Waals surface area contributed by atoms with Gasteiger partial charge in [-0.25, -0.2) is 9.79 Å². The number of thioether (sulfide) groups is 1. The average Bonchev–Trinajstić information content (AvgIpc) is 2.74. The fourth-order valence-electron chi connectivity index (χ4n) is 3.46. The molecule has 4 amide bonds. The molecule has 0 aromatic heterocycles. The number of amidine groups is 2. The van der Waals surface area contributed by atoms with Crippen LogP contribution in [0, 0.1) is 5.92 Å². The Bertz CT molecular complexity index is 1180. The number of hydrogen-bond acceptors (Lipinski definition) is 6. The zero-order valence-electron chi connectivity index (χ0n) is 16.7. The van der Waals surface area contributed by atoms with Gasteiger partial charge in [-0.3, -0.25) is 9.59 Å². The van der Waals surface area contributed by atoms with Crippen LogP contribution in [0.2, 0.25) is 0 Å². The van der Waals surface area contributed by atoms with Crippen LogP contribution in [0.15, 0.2) is 52.4 Å². The van der Waals surface area contributed by atoms with Crippen LogP contribution in [0.4, 0.5) is 10.5 Å². The molecule has 0 aliphatic carbocycles. The predicted octanol–water partition coefficient (Wildman–Crippen LogP) is 2.59. The van der Waals surface area contributed by atoms with Crippen molar-refractivity contribution in [1.29, 1.82) is 0 Å². The summed E-state index contributed by atoms with van der Waals surface area (Å²) in [6, 6.07) is 13.1. The molecule has 4 rings (SSSR count). The zero-order chi connectivity index (χ0) is 21.4. The largest absolute Gasteiger partial charge is 0.445 e. The van der Waals surface area contributed by atoms with Gasteiger partial charge in [-0.15, -0.1) is 0 Å². The van der Waals surface area contributed by atoms with Crippen LogP contribution in [0.1, 0.15) is 6.92 Å². The van der Waals surface area contributed by atoms with Crippen LogP contribution >= 0.6 is 11.8 Å². The van der Waals surface area contributed by atoms with Gasteiger partial charge < -0.3 is 5.32 Å². The van der Waals surface area contributed by atoms with Gasteiger partial charge in [0.05, 0.1) is 19.8 Å². The Kier molecular flexibility index (Phi) is 5.21. The average molecular weight is 422 g/mol. The number of carbonyl (C=O) groups is 3. The lowest BCUT2D eigenvalue weighted by atomic mass is 10.1. The van der Waals surface area contributed by atoms with Gasteiger partial charge in [-0.1, -0.05) is 53.2 Å². The van der Waals surface area contributed by atoms with Crippen molar-refractivity contribution in [3.8, 4) is 0 Å². The second-order valence-electron chi connectivity index (χ2n) is 7.00. The van der Waals surface area contributed by atoms with E-state index in [1.807, 2.05) is 42.5 Å². The van der Waals surface area contributed by atoms with E-state index in [0.717, 1.165) is 21.4 Å². The highest BCUT2D eigenvalue weighted by atomic mass is 32.2. The Morgan fingerprint density at radius 1 is 1.17 bits per heavy atom. The maximum atomic E-state index is 12.7. The molecule has 1 atom stereocenters. The summed E-state index contributed by atoms with van der Waals surface area (Å²) in [5, 5.41) is 5.38. The first-order valence-electron chi connectivity index (χ1n) is 9.33. The molecule has 0 radical (unpaired) electrons. The molecule has 152 valence electrons. The summed E-state index contributed by atoms with van der Waals surface area (Å²) < 4.78 is 1.35. The third-order valence-corrected chi connectivity index (χ3v) is 5.99. The van der Waals surface area contributed by atoms with Crippen LogP contribution in [-0.2, 0) is 9.59 Å². The summed E-state index contributed by atoms with van der Waals surface area (Å²) in [6.07, 6.45) is 0. The molecular weight excluding hydrogens is 402 g/mol. The van der Waals surface area contributed by atoms with Crippen molar-refractivity contribution in [2.45, 2.75) is 6.92 Å². The topological polar surface area (TPSA) is 94.2 Å². The van der Waals surface area contributed by atoms with Gasteiger partial charge in [0.1, 0.15) is 5.04 Å². The molecule has 2 heterocycles. The van der Waals surface area contributed by atoms with E-state index in [4.69, 9.17) is 0 Å². The fraction of sp³-hybridized carbons (Fsp3) is 0.238. The van der Waals surface area contributed by atoms with Crippen LogP contribution in [0.3, 0.4) is 0 Å². The van der Waals surface area contributed by atoms with Crippen molar-refractivity contribution in [2.75, 3.05) is 25.2 Å². The minimum atomic E-state index is -0.781. The summed E-state index contributed by atoms with van der Waals surface area (Å²) in [5.41, 5.74) is 0.730. The molecule has 1 N–H and O–H groups in total. The molecule has 2 aliphatic rings. The lowest BCUT2D eigenvalue weighted by Crippen LogP contribution is -2.54. The van der Waals surface area contributed by atoms with Crippen molar-refractivity contribution in [2.24, 2.45) is 15.9 Å². The standard InChI is InChI=1S/C21H19N5O3S/c1-12-22-18-17(20(28)26(3)21(29)25(18)2)19(23-12)30-11-16(27)24-15-10-6-8-13-7-4-5-9-14(13)15/h4-10,17H,11H2,1-3H3/p+1. The van der Waals surface area contributed by atoms with E-state index < -0.39 is 17.9 Å². The maximum absolute atomic E-state index is 12.7. The van der Waals surface area contributed by atoms with E-state index in [2.05, 4.69) is 15.3 Å². The Morgan fingerprint density at radius 3 is 2.70 bits per heavy atom. The molecule has 1 unspecified atom stereocenters. The molecule has 30 heavy (non-hydrogen) atoms. The van der Waals surface area contributed by atoms with Gasteiger partial charge in [0.2, 0.25) is 11.7 Å². The highest BCUT2D eigenvalue weighted by molar-refractivity contribution is 8.14. The molecule has 8 nitrogen and oxygen atoms in total. The molecule has 0 bridgehead atoms. The Labute approximate surface area is 177 Å². The first kappa shape index (κ1) is 20.0. The molecule has 2 aliphatic heterocycles. The number of nitrogens with one attached hydrogen (secondary N) is 1. The van der Waals surface area contributed by atoms with Gasteiger partial charge >= 0.3 is 11.9 Å². The molecule has 2 aromatic carbocycles. The Balaban J connectivity index is 1.53. The number of hydrogen-bond donors (Lipinski definition) is 1. The summed E-state index contributed by atoms with van der Waals surface area (Å²) >= 11 is 1.18. The second-order valence-corrected chi connectivity index (χ2v) is 8.00. The van der Waals surface area contributed by atoms with Crippen LogP contribution < -0.4 is 5.32 Å². The number of carbonyl (C=O) groups excluding carboxylic acids is 3. The predicted molar refractivity (Wildman–Crippen MR) is 118 cm³/mol. The van der Waals surface area contributed by atoms with Crippen molar-refractivity contribution in [3.63, 3.8) is 0 Å². The van der Waals surface area contributed by atoms with Gasteiger partial charge in [-0.2, -0.15) is 9.48 Å². The van der Waals surface area contributed by atoms with Gasteiger partial charge in [-0.05, 0) is 11.5 Å². The molecule has 0 saturated carbocycles. The number of nitrogens with zero attached hydrogens (tertiary/aromatic N) is 4. The minimum absolute atomic E-state index is 0.0772. The Morgan fingerprint density at radius 2 is 1.90 bits per heavy atom. The number of imide groups is 1. The van der Waals surface area contributed by atoms with E-state index >= 15 is 0 Å². The normalized spacial score (nSPS) is 18.9. The number of anilines is 1. The molecule has 0 spiro atoms. The maximum Gasteiger partial charge on any atom is 0.445 e. The second kappa shape index (κ2) is 7.83. The first-order chi connectivity index (χ1) is 14.4. The van der Waals surface area contributed by atoms with Crippen LogP contribution in [0.5, 0.6) is 0 Å². The van der Waals surface area contributed by atoms with Crippen molar-refractivity contribution < 1.29 is 19.0 Å². The highest BCUT2D eigenvalue weighted by Gasteiger charge is 2.48. The Hall–Kier alpha value is -3.33. The monoisotopic (exact) mass is 422 g/mol. The first-order valence-corrected chi connectivity index (χ1v) is 10.3. The lowest BCUT2D eigenvalue weighted by molar-refractivity contribution is -0.407. The van der Waals surface area contributed by atoms with E-state index in [1.54, 1.807) is 14.0 Å². The fourth-order valence-corrected chi connectivity index (χ4v) is 4.38. The van der Waals surface area contributed by atoms with Crippen molar-refractivity contribution in [3.05, 3.63) is 42.5 Å². The van der Waals surface area contributed by atoms with Gasteiger partial charge in [0, 0.05) is 18.0 Å². The molecular formula is C21H20N5O3S+. The number of urea groups is 1. The number of rotatable bonds is 3. The number of amides is 4. The minimum Gasteiger partial charge on any atom is -0.325 e. The number of aliphatic imine (C=N–C) groups is 2. The van der Waals surface area contributed by atoms with E-state index in [9.17, 15) is 14.4 Å². The lowest BCUT2D eigenvalue weighted by Gasteiger charge is -2.26. The summed E-state index contributed by atoms with van der Waals surface area (Å²) in [6.45, 7) is 1.70. The SMILES string of the molecule is CC1=NC2=[N+](C)C(=O)N(C)C(=O)C2C(SCC(=O)Nc2cccc3ccccc23)=N1. The van der Waals surface area contributed by atoms with E-state index in [1.165, 1.54) is 23.4 Å². The zero-order valence-corrected chi connectivity index (χ0v) is 17.6.